The lowest BCUT2D eigenvalue weighted by atomic mass is 9.43. The van der Waals surface area contributed by atoms with Crippen LogP contribution in [0.25, 0.3) is 31.3 Å². The molecule has 8 aliphatic rings. The van der Waals surface area contributed by atoms with E-state index < -0.39 is 30.4 Å². The van der Waals surface area contributed by atoms with Gasteiger partial charge in [-0.25, -0.2) is 0 Å². The van der Waals surface area contributed by atoms with Crippen LogP contribution in [0, 0.1) is 92.7 Å². The molecule has 8 fully saturated rings. The van der Waals surface area contributed by atoms with Gasteiger partial charge in [-0.05, 0) is 188 Å². The van der Waals surface area contributed by atoms with Crippen molar-refractivity contribution in [1.82, 2.24) is 0 Å². The van der Waals surface area contributed by atoms with E-state index in [1.54, 1.807) is 0 Å². The lowest BCUT2D eigenvalue weighted by Crippen LogP contribution is -2.63. The lowest BCUT2D eigenvalue weighted by molar-refractivity contribution is -0.229. The van der Waals surface area contributed by atoms with Gasteiger partial charge >= 0.3 is 0 Å². The molecule has 22 atom stereocenters. The molecule has 0 saturated heterocycles. The van der Waals surface area contributed by atoms with Crippen LogP contribution in [0.2, 0.25) is 0 Å². The minimum absolute atomic E-state index is 0.0188. The Bertz CT molecular complexity index is 2850. The third-order valence-electron chi connectivity index (χ3n) is 24.8. The fourth-order valence-corrected chi connectivity index (χ4v) is 21.9. The van der Waals surface area contributed by atoms with Gasteiger partial charge in [0.15, 0.2) is 0 Å². The first kappa shape index (κ1) is 76.8. The molecular weight excluding hydrogens is 1240 g/mol. The summed E-state index contributed by atoms with van der Waals surface area (Å²) >= 11 is 0. The predicted octanol–water partition coefficient (Wildman–Crippen LogP) is 13.6. The van der Waals surface area contributed by atoms with Crippen molar-refractivity contribution in [3.05, 3.63) is 31.3 Å². The zero-order chi connectivity index (χ0) is 67.1. The predicted molar refractivity (Wildman–Crippen MR) is 352 cm³/mol. The number of azide groups is 3. The minimum Gasteiger partial charge on any atom is -0.378 e. The Balaban J connectivity index is 0.000000263. The maximum atomic E-state index is 11.7. The smallest absolute Gasteiger partial charge is 0.264 e. The number of hydrogen-bond acceptors (Lipinski definition) is 18. The van der Waals surface area contributed by atoms with Crippen molar-refractivity contribution in [2.24, 2.45) is 108 Å². The number of unbranched alkanes of at least 4 members (excludes halogenated alkanes) is 2. The molecule has 0 N–H and O–H groups in total. The molecule has 0 spiro atoms. The molecule has 92 heavy (non-hydrogen) atoms. The van der Waals surface area contributed by atoms with Gasteiger partial charge in [0.2, 0.25) is 0 Å². The van der Waals surface area contributed by atoms with E-state index in [9.17, 15) is 25.3 Å². The van der Waals surface area contributed by atoms with Crippen LogP contribution in [0.4, 0.5) is 0 Å². The first-order valence-electron chi connectivity index (χ1n) is 34.9. The summed E-state index contributed by atoms with van der Waals surface area (Å²) < 4.78 is 124. The van der Waals surface area contributed by atoms with Gasteiger partial charge in [0.25, 0.3) is 30.4 Å². The fourth-order valence-electron chi connectivity index (χ4n) is 20.8. The maximum absolute atomic E-state index is 11.7. The van der Waals surface area contributed by atoms with Crippen molar-refractivity contribution in [3.8, 4) is 0 Å². The lowest BCUT2D eigenvalue weighted by Gasteiger charge is -2.64. The highest BCUT2D eigenvalue weighted by Crippen LogP contribution is 2.71. The van der Waals surface area contributed by atoms with E-state index in [0.717, 1.165) is 109 Å². The highest BCUT2D eigenvalue weighted by atomic mass is 32.2. The fraction of sp³-hybridized carbons (Fsp3) is 1.00. The summed E-state index contributed by atoms with van der Waals surface area (Å²) in [5.41, 5.74) is 26.4. The standard InChI is InChI=1S/C34H62O12S3.C31H53N9O3/c1-8-9-10-24(2)27-11-12-28-32-29(23-31(34(27,28)4)43-17-20-46-49(7,39)40)33(3)14-13-26(41-15-18-44-47(5,35)36)21-25(33)22-30(32)42-16-19-45-48(6,37)38;1-5-6-7-21(2)24-8-9-25-29-26(20-28(31(24,25)4)43-17-14-37-40-34)30(3)11-10-23(41-15-12-35-38-32)18-22(30)19-27(29)42-16-13-36-39-33/h24-32H,8-23H2,1-7H3;21-29H,5-20H2,1-4H3/t24-,25+,26?,27-,28+,29+,30-,31+,32+,33+,34-;21-,22+,23?,24-,25+,26+,27-,28+,29+,30+,31-/m11/s1. The Morgan fingerprint density at radius 3 is 1.18 bits per heavy atom. The van der Waals surface area contributed by atoms with Crippen molar-refractivity contribution >= 4 is 30.4 Å². The summed E-state index contributed by atoms with van der Waals surface area (Å²) in [6.07, 6.45) is 24.4. The minimum atomic E-state index is -3.59. The Hall–Kier alpha value is -2.58. The van der Waals surface area contributed by atoms with Gasteiger partial charge in [-0.1, -0.05) is 109 Å². The van der Waals surface area contributed by atoms with Crippen molar-refractivity contribution in [2.75, 3.05) is 97.9 Å². The van der Waals surface area contributed by atoms with E-state index in [1.165, 1.54) is 38.5 Å². The third-order valence-corrected chi connectivity index (χ3v) is 26.6. The summed E-state index contributed by atoms with van der Waals surface area (Å²) in [7, 11) is -10.7. The van der Waals surface area contributed by atoms with Crippen molar-refractivity contribution in [2.45, 2.75) is 220 Å². The second-order valence-corrected chi connectivity index (χ2v) is 34.7. The van der Waals surface area contributed by atoms with Gasteiger partial charge in [-0.2, -0.15) is 25.3 Å². The summed E-state index contributed by atoms with van der Waals surface area (Å²) in [4.78, 5) is 8.77. The van der Waals surface area contributed by atoms with E-state index in [1.807, 2.05) is 0 Å². The van der Waals surface area contributed by atoms with E-state index in [4.69, 9.17) is 57.6 Å². The van der Waals surface area contributed by atoms with Crippen LogP contribution >= 0.6 is 0 Å². The van der Waals surface area contributed by atoms with Crippen molar-refractivity contribution < 1.29 is 66.2 Å². The Kier molecular flexibility index (Phi) is 28.6. The highest BCUT2D eigenvalue weighted by molar-refractivity contribution is 7.86. The molecule has 8 aliphatic carbocycles. The number of fused-ring (bicyclic) bond motifs is 10. The molecule has 8 rings (SSSR count). The number of hydrogen-bond donors (Lipinski definition) is 0. The van der Waals surface area contributed by atoms with Gasteiger partial charge in [0.05, 0.1) is 115 Å². The average molecular weight is 1360 g/mol. The molecule has 0 heterocycles. The number of nitrogens with zero attached hydrogens (tertiary/aromatic N) is 9. The first-order chi connectivity index (χ1) is 43.6. The van der Waals surface area contributed by atoms with Crippen LogP contribution in [-0.2, 0) is 71.3 Å². The molecule has 2 unspecified atom stereocenters. The van der Waals surface area contributed by atoms with Gasteiger partial charge in [-0.15, -0.1) is 0 Å². The summed E-state index contributed by atoms with van der Waals surface area (Å²) in [5.74, 6) is 5.11. The summed E-state index contributed by atoms with van der Waals surface area (Å²) in [5, 5.41) is 11.2. The molecule has 0 aliphatic heterocycles. The van der Waals surface area contributed by atoms with Crippen LogP contribution in [0.1, 0.15) is 184 Å². The van der Waals surface area contributed by atoms with Crippen LogP contribution in [0.15, 0.2) is 15.3 Å². The maximum Gasteiger partial charge on any atom is 0.264 e. The molecule has 0 radical (unpaired) electrons. The van der Waals surface area contributed by atoms with Gasteiger partial charge in [-0.3, -0.25) is 12.5 Å². The Morgan fingerprint density at radius 1 is 0.446 bits per heavy atom. The number of ether oxygens (including phenoxy) is 6. The molecule has 8 saturated carbocycles. The molecule has 27 heteroatoms. The van der Waals surface area contributed by atoms with Crippen LogP contribution < -0.4 is 0 Å². The van der Waals surface area contributed by atoms with Crippen LogP contribution in [0.3, 0.4) is 0 Å². The molecule has 0 aromatic heterocycles. The normalized spacial score (nSPS) is 38.0. The monoisotopic (exact) mass is 1360 g/mol. The highest BCUT2D eigenvalue weighted by Gasteiger charge is 2.69. The Morgan fingerprint density at radius 2 is 0.793 bits per heavy atom. The van der Waals surface area contributed by atoms with E-state index in [2.05, 4.69) is 85.5 Å². The second-order valence-electron chi connectivity index (χ2n) is 29.8. The van der Waals surface area contributed by atoms with Gasteiger partial charge in [0.1, 0.15) is 0 Å². The molecule has 0 aromatic carbocycles. The second kappa shape index (κ2) is 34.3. The van der Waals surface area contributed by atoms with Crippen LogP contribution in [-0.4, -0.2) is 160 Å². The SMILES string of the molecule is CCCC[C@@H](C)[C@H]1CC[C@H]2[C@@H]3[C@H](OCCN=[N+]=[N-])C[C@@H]4CC(OCCN=[N+]=[N-])CC[C@]4(C)[C@H]3C[C@H](OCCN=[N+]=[N-])[C@]12C.CCCC[C@@H](C)[C@H]1CC[C@H]2[C@@H]3[C@H](OCCOS(C)(=O)=O)C[C@@H]4CC(OCCOS(C)(=O)=O)CC[C@]4(C)[C@H]3C[C@H](OCCOS(C)(=O)=O)[C@]12C. The molecular formula is C65H115N9O15S3. The number of rotatable bonds is 35. The molecule has 0 amide bonds. The van der Waals surface area contributed by atoms with Crippen molar-refractivity contribution in [1.29, 1.82) is 0 Å². The van der Waals surface area contributed by atoms with Crippen LogP contribution in [0.5, 0.6) is 0 Å². The molecule has 24 nitrogen and oxygen atoms in total. The third kappa shape index (κ3) is 19.0. The quantitative estimate of drug-likeness (QED) is 0.0187. The Labute approximate surface area is 551 Å². The molecule has 0 bridgehead atoms. The van der Waals surface area contributed by atoms with Gasteiger partial charge in [0, 0.05) is 45.2 Å². The van der Waals surface area contributed by atoms with E-state index in [-0.39, 0.29) is 116 Å². The molecule has 0 aromatic rings. The first-order valence-corrected chi connectivity index (χ1v) is 40.3. The van der Waals surface area contributed by atoms with E-state index >= 15 is 0 Å². The topological polar surface area (TPSA) is 332 Å². The summed E-state index contributed by atoms with van der Waals surface area (Å²) in [6.45, 7) is 22.1. The average Bonchev–Trinajstić information content (AvgIpc) is 1.23. The van der Waals surface area contributed by atoms with E-state index in [0.29, 0.717) is 92.7 Å². The largest absolute Gasteiger partial charge is 0.378 e. The van der Waals surface area contributed by atoms with Gasteiger partial charge < -0.3 is 28.4 Å². The summed E-state index contributed by atoms with van der Waals surface area (Å²) in [6, 6.07) is 0. The zero-order valence-corrected chi connectivity index (χ0v) is 59.8. The van der Waals surface area contributed by atoms with Crippen molar-refractivity contribution in [3.63, 3.8) is 0 Å². The zero-order valence-electron chi connectivity index (χ0n) is 57.4. The molecule has 528 valence electrons.